The van der Waals surface area contributed by atoms with Crippen molar-refractivity contribution in [3.63, 3.8) is 0 Å². The summed E-state index contributed by atoms with van der Waals surface area (Å²) >= 11 is 0. The van der Waals surface area contributed by atoms with Crippen LogP contribution in [0.15, 0.2) is 61.2 Å². The first-order valence-corrected chi connectivity index (χ1v) is 7.31. The molecule has 2 nitrogen and oxygen atoms in total. The van der Waals surface area contributed by atoms with E-state index in [1.165, 1.54) is 16.7 Å². The number of hydrogen-bond donors (Lipinski definition) is 1. The molecule has 0 saturated carbocycles. The number of hydrogen-bond acceptors (Lipinski definition) is 2. The Morgan fingerprint density at radius 1 is 1.19 bits per heavy atom. The molecule has 2 rings (SSSR count). The fraction of sp³-hybridized carbons (Fsp3) is 0.263. The Balaban J connectivity index is 1.89. The van der Waals surface area contributed by atoms with Crippen molar-refractivity contribution in [3.05, 3.63) is 77.9 Å². The predicted molar refractivity (Wildman–Crippen MR) is 88.6 cm³/mol. The fourth-order valence-electron chi connectivity index (χ4n) is 2.19. The van der Waals surface area contributed by atoms with Gasteiger partial charge in [0, 0.05) is 12.6 Å². The zero-order valence-electron chi connectivity index (χ0n) is 12.8. The Morgan fingerprint density at radius 3 is 2.62 bits per heavy atom. The van der Waals surface area contributed by atoms with Gasteiger partial charge in [-0.25, -0.2) is 0 Å². The molecule has 1 atom stereocenters. The number of aryl methyl sites for hydroxylation is 1. The van der Waals surface area contributed by atoms with Crippen molar-refractivity contribution in [2.75, 3.05) is 6.61 Å². The van der Waals surface area contributed by atoms with Crippen LogP contribution in [0.4, 0.5) is 0 Å². The van der Waals surface area contributed by atoms with Gasteiger partial charge >= 0.3 is 0 Å². The summed E-state index contributed by atoms with van der Waals surface area (Å²) in [5.41, 5.74) is 3.87. The molecule has 0 heterocycles. The molecule has 21 heavy (non-hydrogen) atoms. The molecule has 0 spiro atoms. The maximum Gasteiger partial charge on any atom is 0.119 e. The first kappa shape index (κ1) is 15.3. The maximum atomic E-state index is 5.48. The van der Waals surface area contributed by atoms with Gasteiger partial charge in [0.05, 0.1) is 0 Å². The van der Waals surface area contributed by atoms with Gasteiger partial charge in [0.1, 0.15) is 12.4 Å². The lowest BCUT2D eigenvalue weighted by molar-refractivity contribution is 0.363. The second-order valence-electron chi connectivity index (χ2n) is 5.26. The molecule has 110 valence electrons. The van der Waals surface area contributed by atoms with Crippen LogP contribution in [-0.4, -0.2) is 6.61 Å². The number of rotatable bonds is 7. The first-order valence-electron chi connectivity index (χ1n) is 7.31. The summed E-state index contributed by atoms with van der Waals surface area (Å²) in [5, 5.41) is 3.55. The van der Waals surface area contributed by atoms with E-state index in [0.29, 0.717) is 12.6 Å². The molecule has 0 aliphatic carbocycles. The van der Waals surface area contributed by atoms with E-state index in [0.717, 1.165) is 12.3 Å². The van der Waals surface area contributed by atoms with E-state index in [1.54, 1.807) is 6.08 Å². The van der Waals surface area contributed by atoms with Gasteiger partial charge in [-0.2, -0.15) is 0 Å². The molecule has 2 heteroatoms. The van der Waals surface area contributed by atoms with Gasteiger partial charge in [-0.15, -0.1) is 0 Å². The standard InChI is InChI=1S/C19H23NO/c1-4-12-21-19-10-8-17(9-11-19)14-20-16(3)18-7-5-6-15(2)13-18/h4-11,13,16,20H,1,12,14H2,2-3H3/t16-/m1/s1. The summed E-state index contributed by atoms with van der Waals surface area (Å²) < 4.78 is 5.48. The molecular weight excluding hydrogens is 258 g/mol. The molecule has 0 aliphatic rings. The smallest absolute Gasteiger partial charge is 0.119 e. The van der Waals surface area contributed by atoms with Crippen molar-refractivity contribution < 1.29 is 4.74 Å². The van der Waals surface area contributed by atoms with Crippen LogP contribution in [0.3, 0.4) is 0 Å². The molecule has 0 radical (unpaired) electrons. The summed E-state index contributed by atoms with van der Waals surface area (Å²) in [6, 6.07) is 17.1. The summed E-state index contributed by atoms with van der Waals surface area (Å²) in [4.78, 5) is 0. The van der Waals surface area contributed by atoms with E-state index in [-0.39, 0.29) is 0 Å². The normalized spacial score (nSPS) is 11.9. The molecule has 0 saturated heterocycles. The van der Waals surface area contributed by atoms with E-state index in [2.05, 4.69) is 62.1 Å². The Morgan fingerprint density at radius 2 is 1.95 bits per heavy atom. The molecule has 1 N–H and O–H groups in total. The third kappa shape index (κ3) is 4.76. The molecule has 0 amide bonds. The third-order valence-electron chi connectivity index (χ3n) is 3.45. The second kappa shape index (κ2) is 7.65. The molecule has 0 fully saturated rings. The molecule has 2 aromatic carbocycles. The highest BCUT2D eigenvalue weighted by molar-refractivity contribution is 5.28. The van der Waals surface area contributed by atoms with Gasteiger partial charge in [-0.3, -0.25) is 0 Å². The summed E-state index contributed by atoms with van der Waals surface area (Å²) in [5.74, 6) is 0.880. The van der Waals surface area contributed by atoms with E-state index in [1.807, 2.05) is 12.1 Å². The highest BCUT2D eigenvalue weighted by atomic mass is 16.5. The number of benzene rings is 2. The van der Waals surface area contributed by atoms with Gasteiger partial charge in [0.25, 0.3) is 0 Å². The largest absolute Gasteiger partial charge is 0.490 e. The van der Waals surface area contributed by atoms with Crippen LogP contribution < -0.4 is 10.1 Å². The predicted octanol–water partition coefficient (Wildman–Crippen LogP) is 4.41. The van der Waals surface area contributed by atoms with E-state index < -0.39 is 0 Å². The summed E-state index contributed by atoms with van der Waals surface area (Å²) in [7, 11) is 0. The lowest BCUT2D eigenvalue weighted by atomic mass is 10.1. The molecule has 0 aromatic heterocycles. The van der Waals surface area contributed by atoms with Crippen LogP contribution in [-0.2, 0) is 6.54 Å². The summed E-state index contributed by atoms with van der Waals surface area (Å²) in [6.07, 6.45) is 1.75. The van der Waals surface area contributed by atoms with Crippen molar-refractivity contribution in [3.8, 4) is 5.75 Å². The Kier molecular flexibility index (Phi) is 5.59. The van der Waals surface area contributed by atoms with E-state index in [4.69, 9.17) is 4.74 Å². The van der Waals surface area contributed by atoms with Crippen molar-refractivity contribution in [2.24, 2.45) is 0 Å². The van der Waals surface area contributed by atoms with E-state index >= 15 is 0 Å². The van der Waals surface area contributed by atoms with Crippen LogP contribution >= 0.6 is 0 Å². The average molecular weight is 281 g/mol. The fourth-order valence-corrected chi connectivity index (χ4v) is 2.19. The van der Waals surface area contributed by atoms with Gasteiger partial charge < -0.3 is 10.1 Å². The van der Waals surface area contributed by atoms with Crippen molar-refractivity contribution in [1.29, 1.82) is 0 Å². The Labute approximate surface area is 127 Å². The van der Waals surface area contributed by atoms with Crippen LogP contribution in [0.2, 0.25) is 0 Å². The molecule has 2 aromatic rings. The lowest BCUT2D eigenvalue weighted by Crippen LogP contribution is -2.18. The van der Waals surface area contributed by atoms with E-state index in [9.17, 15) is 0 Å². The SMILES string of the molecule is C=CCOc1ccc(CN[C@H](C)c2cccc(C)c2)cc1. The van der Waals surface area contributed by atoms with Crippen LogP contribution in [0.5, 0.6) is 5.75 Å². The summed E-state index contributed by atoms with van der Waals surface area (Å²) in [6.45, 7) is 9.34. The zero-order chi connectivity index (χ0) is 15.1. The molecule has 0 aliphatic heterocycles. The molecular formula is C19H23NO. The van der Waals surface area contributed by atoms with Crippen LogP contribution in [0.1, 0.15) is 29.7 Å². The number of ether oxygens (including phenoxy) is 1. The third-order valence-corrected chi connectivity index (χ3v) is 3.45. The maximum absolute atomic E-state index is 5.48. The minimum Gasteiger partial charge on any atom is -0.490 e. The van der Waals surface area contributed by atoms with Crippen LogP contribution in [0.25, 0.3) is 0 Å². The van der Waals surface area contributed by atoms with Crippen LogP contribution in [0, 0.1) is 6.92 Å². The van der Waals surface area contributed by atoms with Gasteiger partial charge in [0.2, 0.25) is 0 Å². The zero-order valence-corrected chi connectivity index (χ0v) is 12.8. The topological polar surface area (TPSA) is 21.3 Å². The van der Waals surface area contributed by atoms with Crippen molar-refractivity contribution in [1.82, 2.24) is 5.32 Å². The second-order valence-corrected chi connectivity index (χ2v) is 5.26. The average Bonchev–Trinajstić information content (AvgIpc) is 2.51. The minimum atomic E-state index is 0.335. The Hall–Kier alpha value is -2.06. The van der Waals surface area contributed by atoms with Crippen molar-refractivity contribution in [2.45, 2.75) is 26.4 Å². The lowest BCUT2D eigenvalue weighted by Gasteiger charge is -2.15. The quantitative estimate of drug-likeness (QED) is 0.759. The Bertz CT molecular complexity index is 574. The highest BCUT2D eigenvalue weighted by Gasteiger charge is 2.04. The monoisotopic (exact) mass is 281 g/mol. The van der Waals surface area contributed by atoms with Gasteiger partial charge in [-0.1, -0.05) is 54.6 Å². The molecule has 0 bridgehead atoms. The highest BCUT2D eigenvalue weighted by Crippen LogP contribution is 2.16. The minimum absolute atomic E-state index is 0.335. The van der Waals surface area contributed by atoms with Crippen molar-refractivity contribution >= 4 is 0 Å². The molecule has 0 unspecified atom stereocenters. The first-order chi connectivity index (χ1) is 10.2. The van der Waals surface area contributed by atoms with Gasteiger partial charge in [0.15, 0.2) is 0 Å². The number of nitrogens with one attached hydrogen (secondary N) is 1. The van der Waals surface area contributed by atoms with Gasteiger partial charge in [-0.05, 0) is 37.1 Å².